The summed E-state index contributed by atoms with van der Waals surface area (Å²) >= 11 is 5.86. The molecule has 2 aliphatic rings. The second-order valence-electron chi connectivity index (χ2n) is 8.97. The van der Waals surface area contributed by atoms with E-state index in [-0.39, 0.29) is 11.9 Å². The number of nitrogen functional groups attached to an aromatic ring is 1. The van der Waals surface area contributed by atoms with Crippen LogP contribution in [-0.4, -0.2) is 70.4 Å². The lowest BCUT2D eigenvalue weighted by Gasteiger charge is -2.33. The van der Waals surface area contributed by atoms with E-state index in [2.05, 4.69) is 50.0 Å². The highest BCUT2D eigenvalue weighted by molar-refractivity contribution is 6.29. The zero-order valence-corrected chi connectivity index (χ0v) is 20.0. The number of nitrogens with two attached hydrogens (primary N) is 1. The van der Waals surface area contributed by atoms with Crippen LogP contribution in [0, 0.1) is 0 Å². The largest absolute Gasteiger partial charge is 0.368 e. The Morgan fingerprint density at radius 1 is 1.03 bits per heavy atom. The molecule has 1 amide bonds. The molecule has 1 fully saturated rings. The third-order valence-corrected chi connectivity index (χ3v) is 6.79. The van der Waals surface area contributed by atoms with Crippen molar-refractivity contribution >= 4 is 29.3 Å². The highest BCUT2D eigenvalue weighted by Crippen LogP contribution is 2.28. The van der Waals surface area contributed by atoms with Crippen molar-refractivity contribution < 1.29 is 4.79 Å². The minimum atomic E-state index is 0.0869. The second-order valence-corrected chi connectivity index (χ2v) is 9.36. The number of nitrogens with zero attached hydrogens (tertiary/aromatic N) is 6. The van der Waals surface area contributed by atoms with Gasteiger partial charge >= 0.3 is 0 Å². The number of pyridine rings is 1. The fourth-order valence-electron chi connectivity index (χ4n) is 4.52. The van der Waals surface area contributed by atoms with Gasteiger partial charge in [0, 0.05) is 57.1 Å². The Hall–Kier alpha value is -3.23. The van der Waals surface area contributed by atoms with Gasteiger partial charge in [0.2, 0.25) is 11.9 Å². The highest BCUT2D eigenvalue weighted by atomic mass is 35.5. The van der Waals surface area contributed by atoms with E-state index in [0.29, 0.717) is 24.7 Å². The number of fused-ring (bicyclic) bond motifs is 1. The number of likely N-dealkylation sites (N-methyl/N-ethyl adjacent to an activating group) is 1. The quantitative estimate of drug-likeness (QED) is 0.577. The predicted molar refractivity (Wildman–Crippen MR) is 134 cm³/mol. The Balaban J connectivity index is 1.34. The van der Waals surface area contributed by atoms with Crippen LogP contribution in [0.3, 0.4) is 0 Å². The van der Waals surface area contributed by atoms with Crippen molar-refractivity contribution in [2.45, 2.75) is 19.4 Å². The van der Waals surface area contributed by atoms with Gasteiger partial charge in [0.05, 0.1) is 12.1 Å². The molecule has 8 nitrogen and oxygen atoms in total. The van der Waals surface area contributed by atoms with E-state index < -0.39 is 0 Å². The zero-order chi connectivity index (χ0) is 23.7. The van der Waals surface area contributed by atoms with Crippen molar-refractivity contribution in [3.05, 3.63) is 64.4 Å². The second kappa shape index (κ2) is 9.56. The lowest BCUT2D eigenvalue weighted by atomic mass is 9.96. The Kier molecular flexibility index (Phi) is 6.34. The van der Waals surface area contributed by atoms with Crippen LogP contribution >= 0.6 is 11.6 Å². The molecule has 0 radical (unpaired) electrons. The van der Waals surface area contributed by atoms with Crippen molar-refractivity contribution in [1.82, 2.24) is 24.8 Å². The molecule has 34 heavy (non-hydrogen) atoms. The monoisotopic (exact) mass is 477 g/mol. The molecule has 0 bridgehead atoms. The van der Waals surface area contributed by atoms with E-state index in [9.17, 15) is 4.79 Å². The van der Waals surface area contributed by atoms with Gasteiger partial charge in [0.25, 0.3) is 0 Å². The average Bonchev–Trinajstić information content (AvgIpc) is 2.85. The molecule has 1 saturated heterocycles. The molecule has 9 heteroatoms. The number of hydrogen-bond acceptors (Lipinski definition) is 7. The third kappa shape index (κ3) is 4.98. The van der Waals surface area contributed by atoms with Crippen molar-refractivity contribution in [2.75, 3.05) is 50.4 Å². The van der Waals surface area contributed by atoms with Crippen LogP contribution in [0.15, 0.2) is 42.6 Å². The van der Waals surface area contributed by atoms with E-state index >= 15 is 0 Å². The van der Waals surface area contributed by atoms with Gasteiger partial charge in [0.15, 0.2) is 0 Å². The molecular formula is C25H28ClN7O. The minimum absolute atomic E-state index is 0.0869. The summed E-state index contributed by atoms with van der Waals surface area (Å²) in [7, 11) is 2.13. The summed E-state index contributed by atoms with van der Waals surface area (Å²) in [4.78, 5) is 32.5. The number of carbonyl (C=O) groups excluding carboxylic acids is 1. The number of halogens is 1. The number of benzene rings is 1. The summed E-state index contributed by atoms with van der Waals surface area (Å²) in [5.41, 5.74) is 11.2. The van der Waals surface area contributed by atoms with Crippen LogP contribution in [-0.2, 0) is 24.2 Å². The Labute approximate surface area is 204 Å². The summed E-state index contributed by atoms with van der Waals surface area (Å²) in [6.07, 6.45) is 2.81. The first kappa shape index (κ1) is 22.6. The molecule has 2 aromatic heterocycles. The molecule has 2 N–H and O–H groups in total. The molecule has 5 rings (SSSR count). The molecule has 0 aliphatic carbocycles. The fourth-order valence-corrected chi connectivity index (χ4v) is 4.64. The van der Waals surface area contributed by atoms with E-state index in [0.717, 1.165) is 60.8 Å². The molecule has 0 saturated carbocycles. The molecule has 0 atom stereocenters. The van der Waals surface area contributed by atoms with Gasteiger partial charge in [-0.3, -0.25) is 4.79 Å². The summed E-state index contributed by atoms with van der Waals surface area (Å²) < 4.78 is 0. The average molecular weight is 478 g/mol. The normalized spacial score (nSPS) is 16.4. The van der Waals surface area contributed by atoms with Gasteiger partial charge in [-0.15, -0.1) is 0 Å². The van der Waals surface area contributed by atoms with Gasteiger partial charge in [0.1, 0.15) is 11.0 Å². The highest BCUT2D eigenvalue weighted by Gasteiger charge is 2.22. The number of piperazine rings is 1. The number of aromatic nitrogens is 3. The number of hydrogen-bond donors (Lipinski definition) is 1. The first-order valence-corrected chi connectivity index (χ1v) is 11.9. The first-order valence-electron chi connectivity index (χ1n) is 11.5. The smallest absolute Gasteiger partial charge is 0.227 e. The summed E-state index contributed by atoms with van der Waals surface area (Å²) in [5, 5.41) is 0.428. The Morgan fingerprint density at radius 2 is 1.85 bits per heavy atom. The van der Waals surface area contributed by atoms with E-state index in [1.807, 2.05) is 17.0 Å². The number of amides is 1. The van der Waals surface area contributed by atoms with Crippen molar-refractivity contribution in [1.29, 1.82) is 0 Å². The molecule has 1 aromatic carbocycles. The third-order valence-electron chi connectivity index (χ3n) is 6.57. The zero-order valence-electron chi connectivity index (χ0n) is 19.2. The lowest BCUT2D eigenvalue weighted by Crippen LogP contribution is -2.44. The number of carbonyl (C=O) groups is 1. The van der Waals surface area contributed by atoms with Crippen LogP contribution in [0.25, 0.3) is 11.3 Å². The summed E-state index contributed by atoms with van der Waals surface area (Å²) in [6.45, 7) is 5.10. The van der Waals surface area contributed by atoms with Gasteiger partial charge < -0.3 is 20.4 Å². The SMILES string of the molecule is CN1CCN(c2cc(-c3ccc4c(c3)CN(C(=O)Cc3ccc(Cl)nc3)CC4)nc(N)n2)CC1. The lowest BCUT2D eigenvalue weighted by molar-refractivity contribution is -0.131. The van der Waals surface area contributed by atoms with Crippen molar-refractivity contribution in [3.8, 4) is 11.3 Å². The molecule has 0 spiro atoms. The number of anilines is 2. The van der Waals surface area contributed by atoms with Gasteiger partial charge in [-0.05, 0) is 42.3 Å². The van der Waals surface area contributed by atoms with Crippen molar-refractivity contribution in [3.63, 3.8) is 0 Å². The Bertz CT molecular complexity index is 1190. The van der Waals surface area contributed by atoms with Gasteiger partial charge in [-0.1, -0.05) is 29.8 Å². The van der Waals surface area contributed by atoms with E-state index in [4.69, 9.17) is 17.3 Å². The fraction of sp³-hybridized carbons (Fsp3) is 0.360. The molecule has 0 unspecified atom stereocenters. The first-order chi connectivity index (χ1) is 16.4. The molecule has 3 aromatic rings. The van der Waals surface area contributed by atoms with Crippen LogP contribution in [0.4, 0.5) is 11.8 Å². The van der Waals surface area contributed by atoms with E-state index in [1.54, 1.807) is 12.3 Å². The van der Waals surface area contributed by atoms with Gasteiger partial charge in [-0.2, -0.15) is 4.98 Å². The van der Waals surface area contributed by atoms with Crippen LogP contribution < -0.4 is 10.6 Å². The predicted octanol–water partition coefficient (Wildman–Crippen LogP) is 2.65. The standard InChI is InChI=1S/C25H28ClN7O/c1-31-8-10-32(11-9-31)23-14-21(29-25(27)30-23)19-4-3-18-6-7-33(16-20(18)13-19)24(34)12-17-2-5-22(26)28-15-17/h2-5,13-15H,6-12,16H2,1H3,(H2,27,29,30). The van der Waals surface area contributed by atoms with Crippen LogP contribution in [0.5, 0.6) is 0 Å². The maximum atomic E-state index is 12.9. The van der Waals surface area contributed by atoms with Gasteiger partial charge in [-0.25, -0.2) is 9.97 Å². The Morgan fingerprint density at radius 3 is 2.62 bits per heavy atom. The molecular weight excluding hydrogens is 450 g/mol. The van der Waals surface area contributed by atoms with Crippen LogP contribution in [0.2, 0.25) is 5.15 Å². The minimum Gasteiger partial charge on any atom is -0.368 e. The number of rotatable bonds is 4. The molecule has 2 aliphatic heterocycles. The molecule has 176 valence electrons. The summed E-state index contributed by atoms with van der Waals surface area (Å²) in [6, 6.07) is 11.9. The topological polar surface area (TPSA) is 91.5 Å². The van der Waals surface area contributed by atoms with E-state index in [1.165, 1.54) is 5.56 Å². The van der Waals surface area contributed by atoms with Crippen LogP contribution in [0.1, 0.15) is 16.7 Å². The maximum absolute atomic E-state index is 12.9. The molecule has 4 heterocycles. The van der Waals surface area contributed by atoms with Crippen molar-refractivity contribution in [2.24, 2.45) is 0 Å². The maximum Gasteiger partial charge on any atom is 0.227 e. The summed E-state index contributed by atoms with van der Waals surface area (Å²) in [5.74, 6) is 1.23.